The molecule has 0 spiro atoms. The highest BCUT2D eigenvalue weighted by Gasteiger charge is 2.21. The van der Waals surface area contributed by atoms with Crippen molar-refractivity contribution in [3.8, 4) is 18.2 Å². The van der Waals surface area contributed by atoms with Crippen molar-refractivity contribution in [3.63, 3.8) is 0 Å². The predicted molar refractivity (Wildman–Crippen MR) is 267 cm³/mol. The number of nitriles is 3. The van der Waals surface area contributed by atoms with Gasteiger partial charge in [-0.25, -0.2) is 0 Å². The summed E-state index contributed by atoms with van der Waals surface area (Å²) < 4.78 is 0. The lowest BCUT2D eigenvalue weighted by Crippen LogP contribution is -2.02. The van der Waals surface area contributed by atoms with E-state index in [0.717, 1.165) is 50.1 Å². The Balaban J connectivity index is 1.22. The quantitative estimate of drug-likeness (QED) is 0.115. The van der Waals surface area contributed by atoms with Gasteiger partial charge in [0.15, 0.2) is 0 Å². The Morgan fingerprint density at radius 1 is 0.238 bits per heavy atom. The predicted octanol–water partition coefficient (Wildman–Crippen LogP) is 15.2. The lowest BCUT2D eigenvalue weighted by atomic mass is 9.86. The molecule has 0 saturated heterocycles. The summed E-state index contributed by atoms with van der Waals surface area (Å²) in [5.41, 5.74) is 15.0. The molecule has 0 heterocycles. The van der Waals surface area contributed by atoms with E-state index in [1.807, 2.05) is 109 Å². The Hall–Kier alpha value is -8.55. The van der Waals surface area contributed by atoms with Gasteiger partial charge >= 0.3 is 0 Å². The zero-order valence-corrected chi connectivity index (χ0v) is 35.6. The largest absolute Gasteiger partial charge is 0.192 e. The van der Waals surface area contributed by atoms with Gasteiger partial charge < -0.3 is 0 Å². The molecule has 7 aromatic carbocycles. The van der Waals surface area contributed by atoms with E-state index in [1.165, 1.54) is 16.7 Å². The molecular formula is C60H45N3. The zero-order valence-electron chi connectivity index (χ0n) is 35.6. The molecule has 0 saturated carbocycles. The van der Waals surface area contributed by atoms with Crippen LogP contribution in [0.4, 0.5) is 0 Å². The Kier molecular flexibility index (Phi) is 13.9. The second-order valence-corrected chi connectivity index (χ2v) is 15.4. The van der Waals surface area contributed by atoms with Gasteiger partial charge in [-0.3, -0.25) is 0 Å². The Morgan fingerprint density at radius 2 is 0.381 bits per heavy atom. The lowest BCUT2D eigenvalue weighted by molar-refractivity contribution is 1.37. The minimum absolute atomic E-state index is 0.257. The average Bonchev–Trinajstić information content (AvgIpc) is 3.32. The smallest absolute Gasteiger partial charge is 0.100 e. The number of hydrogen-bond donors (Lipinski definition) is 0. The van der Waals surface area contributed by atoms with E-state index >= 15 is 0 Å². The van der Waals surface area contributed by atoms with Crippen LogP contribution >= 0.6 is 0 Å². The van der Waals surface area contributed by atoms with Crippen LogP contribution in [-0.4, -0.2) is 0 Å². The summed E-state index contributed by atoms with van der Waals surface area (Å²) in [7, 11) is 0. The van der Waals surface area contributed by atoms with Crippen LogP contribution in [0.2, 0.25) is 0 Å². The molecule has 7 aromatic rings. The molecule has 0 unspecified atom stereocenters. The summed E-state index contributed by atoms with van der Waals surface area (Å²) >= 11 is 0. The number of hydrogen-bond acceptors (Lipinski definition) is 3. The molecule has 3 nitrogen and oxygen atoms in total. The topological polar surface area (TPSA) is 71.4 Å². The third-order valence-electron chi connectivity index (χ3n) is 10.7. The van der Waals surface area contributed by atoms with Crippen LogP contribution < -0.4 is 0 Å². The minimum atomic E-state index is 0.257. The summed E-state index contributed by atoms with van der Waals surface area (Å²) in [6, 6.07) is 56.5. The average molecular weight is 808 g/mol. The second kappa shape index (κ2) is 20.6. The Bertz CT molecular complexity index is 2670. The second-order valence-electron chi connectivity index (χ2n) is 15.4. The SMILES string of the molecule is Cc1ccc(/C=C/c2ccc(/C=C/c3c(C#N)c(/C=C/c4ccc(/C=C/c5ccc(C)cc5)cc4)c(C#N)c(/C=C/c4ccc(/C=C/c5ccc(C)cc5)cc4)c3C#N)cc2)cc1. The third-order valence-corrected chi connectivity index (χ3v) is 10.7. The summed E-state index contributed by atoms with van der Waals surface area (Å²) in [5.74, 6) is 0. The van der Waals surface area contributed by atoms with Crippen molar-refractivity contribution >= 4 is 72.9 Å². The van der Waals surface area contributed by atoms with E-state index in [-0.39, 0.29) is 16.7 Å². The molecule has 0 aliphatic rings. The van der Waals surface area contributed by atoms with Crippen LogP contribution in [0.3, 0.4) is 0 Å². The molecule has 0 aromatic heterocycles. The molecule has 7 rings (SSSR count). The number of rotatable bonds is 12. The molecule has 0 bridgehead atoms. The Labute approximate surface area is 371 Å². The lowest BCUT2D eigenvalue weighted by Gasteiger charge is -2.13. The van der Waals surface area contributed by atoms with Gasteiger partial charge in [0, 0.05) is 16.7 Å². The van der Waals surface area contributed by atoms with E-state index in [9.17, 15) is 15.8 Å². The van der Waals surface area contributed by atoms with Gasteiger partial charge in [0.2, 0.25) is 0 Å². The van der Waals surface area contributed by atoms with Crippen molar-refractivity contribution in [1.82, 2.24) is 0 Å². The number of aryl methyl sites for hydroxylation is 3. The molecule has 0 N–H and O–H groups in total. The van der Waals surface area contributed by atoms with Crippen LogP contribution in [0, 0.1) is 54.8 Å². The summed E-state index contributed by atoms with van der Waals surface area (Å²) in [6.45, 7) is 6.22. The van der Waals surface area contributed by atoms with Gasteiger partial charge in [-0.1, -0.05) is 235 Å². The van der Waals surface area contributed by atoms with Crippen LogP contribution in [-0.2, 0) is 0 Å². The highest BCUT2D eigenvalue weighted by Crippen LogP contribution is 2.33. The molecular weight excluding hydrogens is 763 g/mol. The van der Waals surface area contributed by atoms with E-state index in [4.69, 9.17) is 0 Å². The first-order valence-electron chi connectivity index (χ1n) is 20.8. The van der Waals surface area contributed by atoms with E-state index < -0.39 is 0 Å². The third kappa shape index (κ3) is 11.4. The first-order valence-corrected chi connectivity index (χ1v) is 20.8. The van der Waals surface area contributed by atoms with Gasteiger partial charge in [0.25, 0.3) is 0 Å². The molecule has 0 aliphatic heterocycles. The maximum atomic E-state index is 10.7. The Morgan fingerprint density at radius 3 is 0.540 bits per heavy atom. The number of benzene rings is 7. The molecule has 0 amide bonds. The highest BCUT2D eigenvalue weighted by atomic mass is 14.3. The molecule has 0 atom stereocenters. The van der Waals surface area contributed by atoms with Gasteiger partial charge in [0.1, 0.15) is 18.2 Å². The van der Waals surface area contributed by atoms with Crippen molar-refractivity contribution in [1.29, 1.82) is 15.8 Å². The molecule has 3 heteroatoms. The molecule has 0 aliphatic carbocycles. The van der Waals surface area contributed by atoms with Gasteiger partial charge in [0.05, 0.1) is 16.7 Å². The maximum Gasteiger partial charge on any atom is 0.100 e. The minimum Gasteiger partial charge on any atom is -0.192 e. The first-order chi connectivity index (χ1) is 30.8. The zero-order chi connectivity index (χ0) is 44.0. The summed E-state index contributed by atoms with van der Waals surface area (Å²) in [4.78, 5) is 0. The molecule has 0 fully saturated rings. The van der Waals surface area contributed by atoms with Crippen molar-refractivity contribution in [2.24, 2.45) is 0 Å². The fraction of sp³-hybridized carbons (Fsp3) is 0.0500. The monoisotopic (exact) mass is 807 g/mol. The van der Waals surface area contributed by atoms with Crippen LogP contribution in [0.25, 0.3) is 72.9 Å². The van der Waals surface area contributed by atoms with Gasteiger partial charge in [-0.15, -0.1) is 0 Å². The fourth-order valence-corrected chi connectivity index (χ4v) is 6.98. The normalized spacial score (nSPS) is 11.6. The summed E-state index contributed by atoms with van der Waals surface area (Å²) in [6.07, 6.45) is 23.6. The van der Waals surface area contributed by atoms with E-state index in [1.54, 1.807) is 0 Å². The van der Waals surface area contributed by atoms with Crippen LogP contribution in [0.1, 0.15) is 100 Å². The molecule has 63 heavy (non-hydrogen) atoms. The van der Waals surface area contributed by atoms with Crippen LogP contribution in [0.5, 0.6) is 0 Å². The van der Waals surface area contributed by atoms with E-state index in [2.05, 4.69) is 148 Å². The van der Waals surface area contributed by atoms with Crippen molar-refractivity contribution in [2.75, 3.05) is 0 Å². The standard InChI is InChI=1S/C60H45N3/c1-43-4-10-46(11-5-43)16-19-49-22-28-52(29-23-49)34-37-55-58(40-61)56(38-35-53-30-24-50(25-31-53)20-17-47-12-6-44(2)7-13-47)60(42-63)57(59(55)41-62)39-36-54-32-26-51(27-33-54)21-18-48-14-8-45(3)9-15-48/h4-39H,1-3H3/b19-16+,20-17+,21-18+,37-34+,38-35+,39-36+. The molecule has 0 radical (unpaired) electrons. The maximum absolute atomic E-state index is 10.7. The van der Waals surface area contributed by atoms with Crippen molar-refractivity contribution in [2.45, 2.75) is 20.8 Å². The summed E-state index contributed by atoms with van der Waals surface area (Å²) in [5, 5.41) is 32.2. The van der Waals surface area contributed by atoms with Crippen molar-refractivity contribution in [3.05, 3.63) is 246 Å². The molecule has 300 valence electrons. The first kappa shape index (κ1) is 42.6. The van der Waals surface area contributed by atoms with Gasteiger partial charge in [-0.05, 0) is 70.8 Å². The van der Waals surface area contributed by atoms with Crippen LogP contribution in [0.15, 0.2) is 146 Å². The number of nitrogens with zero attached hydrogens (tertiary/aromatic N) is 3. The van der Waals surface area contributed by atoms with Crippen molar-refractivity contribution < 1.29 is 0 Å². The highest BCUT2D eigenvalue weighted by molar-refractivity contribution is 5.90. The van der Waals surface area contributed by atoms with E-state index in [0.29, 0.717) is 16.7 Å². The fourth-order valence-electron chi connectivity index (χ4n) is 6.98. The van der Waals surface area contributed by atoms with Gasteiger partial charge in [-0.2, -0.15) is 15.8 Å².